The number of carbonyl (C=O) groups excluding carboxylic acids is 1. The zero-order chi connectivity index (χ0) is 24.1. The van der Waals surface area contributed by atoms with Gasteiger partial charge in [0.25, 0.3) is 5.91 Å². The van der Waals surface area contributed by atoms with Crippen LogP contribution in [0.25, 0.3) is 27.9 Å². The summed E-state index contributed by atoms with van der Waals surface area (Å²) in [6, 6.07) is 17.9. The molecule has 5 rings (SSSR count). The van der Waals surface area contributed by atoms with Gasteiger partial charge in [0, 0.05) is 18.0 Å². The molecule has 0 aliphatic rings. The van der Waals surface area contributed by atoms with Gasteiger partial charge in [0.2, 0.25) is 0 Å². The summed E-state index contributed by atoms with van der Waals surface area (Å²) < 4.78 is 1.41. The van der Waals surface area contributed by atoms with E-state index >= 15 is 0 Å². The predicted octanol–water partition coefficient (Wildman–Crippen LogP) is 3.64. The van der Waals surface area contributed by atoms with Crippen molar-refractivity contribution in [3.63, 3.8) is 0 Å². The van der Waals surface area contributed by atoms with Crippen LogP contribution in [0.4, 0.5) is 5.82 Å². The topological polar surface area (TPSA) is 125 Å². The van der Waals surface area contributed by atoms with Crippen molar-refractivity contribution in [3.8, 4) is 23.1 Å². The normalized spacial score (nSPS) is 10.3. The van der Waals surface area contributed by atoms with Crippen molar-refractivity contribution >= 4 is 28.4 Å². The van der Waals surface area contributed by atoms with Gasteiger partial charge in [0.05, 0.1) is 22.5 Å². The van der Waals surface area contributed by atoms with E-state index in [1.54, 1.807) is 18.5 Å². The van der Waals surface area contributed by atoms with Crippen LogP contribution in [0.1, 0.15) is 35.5 Å². The molecule has 8 heteroatoms. The molecular weight excluding hydrogens is 426 g/mol. The van der Waals surface area contributed by atoms with Crippen molar-refractivity contribution in [2.24, 2.45) is 5.73 Å². The first-order chi connectivity index (χ1) is 16.5. The van der Waals surface area contributed by atoms with Crippen molar-refractivity contribution in [1.29, 1.82) is 0 Å². The van der Waals surface area contributed by atoms with Gasteiger partial charge in [-0.15, -0.1) is 11.0 Å². The minimum Gasteiger partial charge on any atom is -0.381 e. The van der Waals surface area contributed by atoms with Gasteiger partial charge in [-0.1, -0.05) is 49.2 Å². The number of nitrogens with two attached hydrogens (primary N) is 2. The van der Waals surface area contributed by atoms with Crippen molar-refractivity contribution in [3.05, 3.63) is 83.8 Å². The van der Waals surface area contributed by atoms with Crippen LogP contribution in [-0.2, 0) is 6.42 Å². The molecule has 0 spiro atoms. The smallest absolute Gasteiger partial charge is 0.256 e. The van der Waals surface area contributed by atoms with Crippen molar-refractivity contribution in [1.82, 2.24) is 24.6 Å². The second-order valence-corrected chi connectivity index (χ2v) is 7.30. The van der Waals surface area contributed by atoms with Gasteiger partial charge >= 0.3 is 0 Å². The molecule has 4 N–H and O–H groups in total. The zero-order valence-corrected chi connectivity index (χ0v) is 18.9. The van der Waals surface area contributed by atoms with E-state index in [1.807, 2.05) is 43.3 Å². The molecule has 0 unspecified atom stereocenters. The third kappa shape index (κ3) is 4.40. The van der Waals surface area contributed by atoms with E-state index in [0.29, 0.717) is 5.65 Å². The summed E-state index contributed by atoms with van der Waals surface area (Å²) in [6.45, 7) is 3.95. The molecule has 0 atom stereocenters. The molecule has 2 aromatic carbocycles. The summed E-state index contributed by atoms with van der Waals surface area (Å²) >= 11 is 0. The fourth-order valence-electron chi connectivity index (χ4n) is 3.56. The first-order valence-corrected chi connectivity index (χ1v) is 10.7. The maximum absolute atomic E-state index is 10.9. The van der Waals surface area contributed by atoms with Gasteiger partial charge in [-0.3, -0.25) is 4.79 Å². The Labute approximate surface area is 196 Å². The monoisotopic (exact) mass is 449 g/mol. The number of fused-ring (bicyclic) bond motifs is 2. The van der Waals surface area contributed by atoms with Gasteiger partial charge < -0.3 is 11.5 Å². The molecule has 168 valence electrons. The number of aryl methyl sites for hydroxylation is 1. The van der Waals surface area contributed by atoms with Crippen LogP contribution in [0, 0.1) is 11.8 Å². The molecule has 0 saturated carbocycles. The van der Waals surface area contributed by atoms with E-state index in [0.717, 1.165) is 40.0 Å². The Hall–Kier alpha value is -4.77. The maximum atomic E-state index is 10.9. The molecule has 8 nitrogen and oxygen atoms in total. The molecular formula is C26H23N7O. The SMILES string of the molecule is CC#Cc1cccc2nc(CC)c(-c3ccccc3)nc12.NC(=O)c1c(N)nn2cccnc12. The minimum atomic E-state index is -0.619. The molecule has 0 aliphatic heterocycles. The number of nitrogens with zero attached hydrogens (tertiary/aromatic N) is 5. The standard InChI is InChI=1S/C19H16N2.C7H7N5O/c1-3-9-14-12-8-13-17-19(14)21-18(16(4-2)20-17)15-10-6-5-7-11-15;8-5-4(6(9)13)7-10-2-1-3-12(7)11-5/h5-8,10-13H,4H2,1-2H3;1-3H,(H2,8,11)(H2,9,13). The van der Waals surface area contributed by atoms with E-state index < -0.39 is 5.91 Å². The number of hydrogen-bond donors (Lipinski definition) is 2. The Morgan fingerprint density at radius 3 is 2.56 bits per heavy atom. The fourth-order valence-corrected chi connectivity index (χ4v) is 3.56. The average Bonchev–Trinajstić information content (AvgIpc) is 3.20. The number of nitrogen functional groups attached to an aromatic ring is 1. The number of amides is 1. The summed E-state index contributed by atoms with van der Waals surface area (Å²) in [4.78, 5) is 24.5. The highest BCUT2D eigenvalue weighted by Gasteiger charge is 2.15. The minimum absolute atomic E-state index is 0.103. The summed E-state index contributed by atoms with van der Waals surface area (Å²) in [5.74, 6) is 5.54. The number of hydrogen-bond acceptors (Lipinski definition) is 6. The predicted molar refractivity (Wildman–Crippen MR) is 133 cm³/mol. The van der Waals surface area contributed by atoms with Crippen LogP contribution in [-0.4, -0.2) is 30.5 Å². The van der Waals surface area contributed by atoms with Gasteiger partial charge in [-0.05, 0) is 31.5 Å². The van der Waals surface area contributed by atoms with Crippen LogP contribution in [0.15, 0.2) is 67.0 Å². The molecule has 0 bridgehead atoms. The highest BCUT2D eigenvalue weighted by molar-refractivity contribution is 6.03. The lowest BCUT2D eigenvalue weighted by atomic mass is 10.1. The second-order valence-electron chi connectivity index (χ2n) is 7.30. The lowest BCUT2D eigenvalue weighted by Gasteiger charge is -2.09. The van der Waals surface area contributed by atoms with Crippen LogP contribution >= 0.6 is 0 Å². The van der Waals surface area contributed by atoms with E-state index in [2.05, 4.69) is 41.0 Å². The van der Waals surface area contributed by atoms with Crippen LogP contribution in [0.3, 0.4) is 0 Å². The average molecular weight is 450 g/mol. The first kappa shape index (κ1) is 22.4. The lowest BCUT2D eigenvalue weighted by Crippen LogP contribution is -2.12. The number of benzene rings is 2. The number of primary amides is 1. The Bertz CT molecular complexity index is 1550. The molecule has 34 heavy (non-hydrogen) atoms. The molecule has 3 heterocycles. The first-order valence-electron chi connectivity index (χ1n) is 10.7. The molecule has 5 aromatic rings. The molecule has 0 aliphatic carbocycles. The van der Waals surface area contributed by atoms with E-state index in [1.165, 1.54) is 4.52 Å². The van der Waals surface area contributed by atoms with Gasteiger partial charge in [0.1, 0.15) is 11.1 Å². The van der Waals surface area contributed by atoms with Gasteiger partial charge in [-0.2, -0.15) is 0 Å². The fraction of sp³-hybridized carbons (Fsp3) is 0.115. The molecule has 1 amide bonds. The highest BCUT2D eigenvalue weighted by Crippen LogP contribution is 2.25. The summed E-state index contributed by atoms with van der Waals surface area (Å²) in [6.07, 6.45) is 4.05. The largest absolute Gasteiger partial charge is 0.381 e. The van der Waals surface area contributed by atoms with Crippen LogP contribution in [0.2, 0.25) is 0 Å². The number of para-hydroxylation sites is 1. The summed E-state index contributed by atoms with van der Waals surface area (Å²) in [5, 5.41) is 3.87. The molecule has 3 aromatic heterocycles. The number of aromatic nitrogens is 5. The number of carbonyl (C=O) groups is 1. The molecule has 0 saturated heterocycles. The van der Waals surface area contributed by atoms with Crippen molar-refractivity contribution in [2.75, 3.05) is 5.73 Å². The van der Waals surface area contributed by atoms with Crippen molar-refractivity contribution < 1.29 is 4.79 Å². The quantitative estimate of drug-likeness (QED) is 0.405. The maximum Gasteiger partial charge on any atom is 0.256 e. The van der Waals surface area contributed by atoms with Gasteiger partial charge in [0.15, 0.2) is 11.5 Å². The molecule has 0 radical (unpaired) electrons. The van der Waals surface area contributed by atoms with Crippen LogP contribution in [0.5, 0.6) is 0 Å². The third-order valence-corrected chi connectivity index (χ3v) is 5.08. The number of rotatable bonds is 3. The third-order valence-electron chi connectivity index (χ3n) is 5.08. The number of anilines is 1. The Kier molecular flexibility index (Phi) is 6.46. The lowest BCUT2D eigenvalue weighted by molar-refractivity contribution is 0.100. The summed E-state index contributed by atoms with van der Waals surface area (Å²) in [7, 11) is 0. The molecule has 0 fully saturated rings. The van der Waals surface area contributed by atoms with Gasteiger partial charge in [-0.25, -0.2) is 19.5 Å². The van der Waals surface area contributed by atoms with E-state index in [4.69, 9.17) is 21.4 Å². The van der Waals surface area contributed by atoms with Crippen LogP contribution < -0.4 is 11.5 Å². The Morgan fingerprint density at radius 2 is 1.85 bits per heavy atom. The van der Waals surface area contributed by atoms with E-state index in [9.17, 15) is 4.79 Å². The highest BCUT2D eigenvalue weighted by atomic mass is 16.1. The Morgan fingerprint density at radius 1 is 1.06 bits per heavy atom. The summed E-state index contributed by atoms with van der Waals surface area (Å²) in [5.41, 5.74) is 16.9. The van der Waals surface area contributed by atoms with E-state index in [-0.39, 0.29) is 11.4 Å². The van der Waals surface area contributed by atoms with Crippen molar-refractivity contribution in [2.45, 2.75) is 20.3 Å². The Balaban J connectivity index is 0.000000180. The second kappa shape index (κ2) is 9.79. The zero-order valence-electron chi connectivity index (χ0n) is 18.9.